The Labute approximate surface area is 252 Å². The Morgan fingerprint density at radius 1 is 0.829 bits per heavy atom. The van der Waals surface area contributed by atoms with Gasteiger partial charge in [-0.2, -0.15) is 0 Å². The van der Waals surface area contributed by atoms with Crippen LogP contribution >= 0.6 is 0 Å². The zero-order valence-electron chi connectivity index (χ0n) is 27.7. The summed E-state index contributed by atoms with van der Waals surface area (Å²) in [5.74, 6) is -0.379. The third kappa shape index (κ3) is 16.3. The summed E-state index contributed by atoms with van der Waals surface area (Å²) in [5.41, 5.74) is -1.35. The molecule has 1 saturated carbocycles. The Balaban J connectivity index is 2.07. The summed E-state index contributed by atoms with van der Waals surface area (Å²) in [5, 5.41) is 15.2. The second-order valence-corrected chi connectivity index (χ2v) is 13.7. The van der Waals surface area contributed by atoms with E-state index in [1.54, 1.807) is 7.05 Å². The van der Waals surface area contributed by atoms with Crippen molar-refractivity contribution >= 4 is 11.9 Å². The minimum Gasteiger partial charge on any atom is -0.464 e. The summed E-state index contributed by atoms with van der Waals surface area (Å²) in [7, 11) is 1.71. The van der Waals surface area contributed by atoms with Crippen LogP contribution in [0.3, 0.4) is 0 Å². The van der Waals surface area contributed by atoms with Gasteiger partial charge in [0.2, 0.25) is 5.91 Å². The highest BCUT2D eigenvalue weighted by Gasteiger charge is 2.55. The molecule has 7 heteroatoms. The standard InChI is InChI=1S/C34H66N2O5/c1-7-8-9-10-11-12-13-14-15-16-17-18-19-20-21-22-25-40-30(38)29(35-6)26-36-31(39)33(4)27-34(5,28-33)41-32(2,3)23-24-37/h29,35,37H,7-28H2,1-6H3,(H,36,39). The number of hydrogen-bond donors (Lipinski definition) is 3. The summed E-state index contributed by atoms with van der Waals surface area (Å²) in [6, 6.07) is -0.560. The Kier molecular flexibility index (Phi) is 19.1. The molecular weight excluding hydrogens is 516 g/mol. The number of rotatable bonds is 26. The second-order valence-electron chi connectivity index (χ2n) is 13.7. The van der Waals surface area contributed by atoms with Crippen LogP contribution in [0.5, 0.6) is 0 Å². The lowest BCUT2D eigenvalue weighted by Crippen LogP contribution is -2.60. The van der Waals surface area contributed by atoms with Crippen molar-refractivity contribution in [3.8, 4) is 0 Å². The summed E-state index contributed by atoms with van der Waals surface area (Å²) < 4.78 is 11.7. The minimum atomic E-state index is -0.560. The number of esters is 1. The van der Waals surface area contributed by atoms with Crippen molar-refractivity contribution < 1.29 is 24.2 Å². The highest BCUT2D eigenvalue weighted by atomic mass is 16.5. The first-order valence-electron chi connectivity index (χ1n) is 16.9. The van der Waals surface area contributed by atoms with Crippen molar-refractivity contribution in [2.24, 2.45) is 5.41 Å². The molecule has 0 aromatic carbocycles. The molecule has 1 unspecified atom stereocenters. The van der Waals surface area contributed by atoms with Crippen molar-refractivity contribution in [1.29, 1.82) is 0 Å². The lowest BCUT2D eigenvalue weighted by Gasteiger charge is -2.54. The van der Waals surface area contributed by atoms with Crippen LogP contribution in [0.4, 0.5) is 0 Å². The Morgan fingerprint density at radius 2 is 1.29 bits per heavy atom. The van der Waals surface area contributed by atoms with Crippen LogP contribution in [0, 0.1) is 5.41 Å². The van der Waals surface area contributed by atoms with E-state index in [1.807, 2.05) is 27.7 Å². The van der Waals surface area contributed by atoms with Gasteiger partial charge in [-0.3, -0.25) is 9.59 Å². The molecule has 0 aromatic rings. The lowest BCUT2D eigenvalue weighted by atomic mass is 9.60. The van der Waals surface area contributed by atoms with Crippen molar-refractivity contribution in [3.05, 3.63) is 0 Å². The van der Waals surface area contributed by atoms with Crippen molar-refractivity contribution in [2.75, 3.05) is 26.8 Å². The fourth-order valence-electron chi connectivity index (χ4n) is 6.45. The van der Waals surface area contributed by atoms with Gasteiger partial charge in [0.25, 0.3) is 0 Å². The molecular formula is C34H66N2O5. The van der Waals surface area contributed by atoms with E-state index in [2.05, 4.69) is 17.6 Å². The van der Waals surface area contributed by atoms with Crippen LogP contribution < -0.4 is 10.6 Å². The number of amides is 1. The molecule has 0 aromatic heterocycles. The van der Waals surface area contributed by atoms with E-state index in [-0.39, 0.29) is 30.6 Å². The fourth-order valence-corrected chi connectivity index (χ4v) is 6.45. The number of aliphatic hydroxyl groups excluding tert-OH is 1. The molecule has 0 spiro atoms. The molecule has 1 amide bonds. The molecule has 0 radical (unpaired) electrons. The first-order chi connectivity index (χ1) is 19.5. The van der Waals surface area contributed by atoms with Gasteiger partial charge in [0.1, 0.15) is 6.04 Å². The van der Waals surface area contributed by atoms with Gasteiger partial charge in [-0.25, -0.2) is 0 Å². The van der Waals surface area contributed by atoms with Gasteiger partial charge in [-0.1, -0.05) is 110 Å². The van der Waals surface area contributed by atoms with E-state index in [4.69, 9.17) is 9.47 Å². The zero-order chi connectivity index (χ0) is 30.6. The SMILES string of the molecule is CCCCCCCCCCCCCCCCCCOC(=O)C(CNC(=O)C1(C)CC(C)(OC(C)(C)CCO)C1)NC. The molecule has 1 aliphatic rings. The van der Waals surface area contributed by atoms with Gasteiger partial charge in [-0.15, -0.1) is 0 Å². The van der Waals surface area contributed by atoms with Crippen LogP contribution in [0.2, 0.25) is 0 Å². The highest BCUT2D eigenvalue weighted by Crippen LogP contribution is 2.52. The number of nitrogens with one attached hydrogen (secondary N) is 2. The third-order valence-electron chi connectivity index (χ3n) is 8.65. The molecule has 242 valence electrons. The number of hydrogen-bond acceptors (Lipinski definition) is 6. The number of ether oxygens (including phenoxy) is 2. The van der Waals surface area contributed by atoms with Gasteiger partial charge in [0.05, 0.1) is 23.2 Å². The normalized spacial score (nSPS) is 21.3. The number of unbranched alkanes of at least 4 members (excludes halogenated alkanes) is 15. The summed E-state index contributed by atoms with van der Waals surface area (Å²) in [6.45, 7) is 10.9. The van der Waals surface area contributed by atoms with Crippen molar-refractivity contribution in [3.63, 3.8) is 0 Å². The van der Waals surface area contributed by atoms with Crippen LogP contribution in [-0.4, -0.2) is 61.0 Å². The Bertz CT molecular complexity index is 705. The molecule has 1 aliphatic carbocycles. The number of carbonyl (C=O) groups is 2. The van der Waals surface area contributed by atoms with E-state index in [9.17, 15) is 14.7 Å². The number of carbonyl (C=O) groups excluding carboxylic acids is 2. The molecule has 0 aliphatic heterocycles. The van der Waals surface area contributed by atoms with Crippen LogP contribution in [-0.2, 0) is 19.1 Å². The van der Waals surface area contributed by atoms with E-state index >= 15 is 0 Å². The Morgan fingerprint density at radius 3 is 1.73 bits per heavy atom. The van der Waals surface area contributed by atoms with Crippen molar-refractivity contribution in [2.45, 2.75) is 174 Å². The lowest BCUT2D eigenvalue weighted by molar-refractivity contribution is -0.215. The van der Waals surface area contributed by atoms with Gasteiger partial charge in [0.15, 0.2) is 0 Å². The maximum absolute atomic E-state index is 12.9. The molecule has 7 nitrogen and oxygen atoms in total. The fraction of sp³-hybridized carbons (Fsp3) is 0.941. The minimum absolute atomic E-state index is 0.0654. The predicted molar refractivity (Wildman–Crippen MR) is 169 cm³/mol. The average Bonchev–Trinajstić information content (AvgIpc) is 2.89. The Hall–Kier alpha value is -1.18. The van der Waals surface area contributed by atoms with Gasteiger partial charge in [-0.05, 0) is 53.5 Å². The monoisotopic (exact) mass is 582 g/mol. The van der Waals surface area contributed by atoms with Gasteiger partial charge < -0.3 is 25.2 Å². The third-order valence-corrected chi connectivity index (χ3v) is 8.65. The smallest absolute Gasteiger partial charge is 0.324 e. The molecule has 41 heavy (non-hydrogen) atoms. The highest BCUT2D eigenvalue weighted by molar-refractivity contribution is 5.84. The molecule has 3 N–H and O–H groups in total. The summed E-state index contributed by atoms with van der Waals surface area (Å²) in [6.07, 6.45) is 22.8. The molecule has 1 fully saturated rings. The van der Waals surface area contributed by atoms with E-state index in [1.165, 1.54) is 89.9 Å². The van der Waals surface area contributed by atoms with Crippen molar-refractivity contribution in [1.82, 2.24) is 10.6 Å². The van der Waals surface area contributed by atoms with Crippen LogP contribution in [0.25, 0.3) is 0 Å². The maximum Gasteiger partial charge on any atom is 0.324 e. The topological polar surface area (TPSA) is 96.9 Å². The zero-order valence-corrected chi connectivity index (χ0v) is 27.7. The predicted octanol–water partition coefficient (Wildman–Crippen LogP) is 7.23. The maximum atomic E-state index is 12.9. The van der Waals surface area contributed by atoms with Gasteiger partial charge in [0, 0.05) is 13.2 Å². The van der Waals surface area contributed by atoms with E-state index < -0.39 is 17.1 Å². The first-order valence-corrected chi connectivity index (χ1v) is 16.9. The average molecular weight is 583 g/mol. The van der Waals surface area contributed by atoms with E-state index in [0.717, 1.165) is 12.8 Å². The quantitative estimate of drug-likeness (QED) is 0.0735. The summed E-state index contributed by atoms with van der Waals surface area (Å²) >= 11 is 0. The molecule has 0 saturated heterocycles. The first kappa shape index (κ1) is 37.8. The largest absolute Gasteiger partial charge is 0.464 e. The second kappa shape index (κ2) is 20.7. The molecule has 1 rings (SSSR count). The number of aliphatic hydroxyl groups is 1. The summed E-state index contributed by atoms with van der Waals surface area (Å²) in [4.78, 5) is 25.4. The van der Waals surface area contributed by atoms with Gasteiger partial charge >= 0.3 is 5.97 Å². The molecule has 0 heterocycles. The van der Waals surface area contributed by atoms with E-state index in [0.29, 0.717) is 25.9 Å². The molecule has 0 bridgehead atoms. The van der Waals surface area contributed by atoms with Crippen LogP contribution in [0.1, 0.15) is 157 Å². The molecule has 1 atom stereocenters. The van der Waals surface area contributed by atoms with Crippen LogP contribution in [0.15, 0.2) is 0 Å². The number of likely N-dealkylation sites (N-methyl/N-ethyl adjacent to an activating group) is 1.